The van der Waals surface area contributed by atoms with Crippen LogP contribution in [0.5, 0.6) is 0 Å². The molecule has 1 unspecified atom stereocenters. The van der Waals surface area contributed by atoms with Gasteiger partial charge in [0, 0.05) is 6.42 Å². The van der Waals surface area contributed by atoms with Gasteiger partial charge in [-0.15, -0.1) is 0 Å². The van der Waals surface area contributed by atoms with E-state index >= 15 is 0 Å². The maximum atomic E-state index is 10.3. The van der Waals surface area contributed by atoms with Gasteiger partial charge >= 0.3 is 5.97 Å². The van der Waals surface area contributed by atoms with Gasteiger partial charge in [0.15, 0.2) is 0 Å². The Hall–Kier alpha value is -0.660. The minimum atomic E-state index is -4.22. The van der Waals surface area contributed by atoms with Crippen LogP contribution >= 0.6 is 0 Å². The monoisotopic (exact) mass is 197 g/mol. The van der Waals surface area contributed by atoms with Crippen molar-refractivity contribution in [2.24, 2.45) is 5.73 Å². The highest BCUT2D eigenvalue weighted by atomic mass is 32.2. The van der Waals surface area contributed by atoms with Gasteiger partial charge in [0.05, 0.1) is 0 Å². The van der Waals surface area contributed by atoms with Crippen molar-refractivity contribution in [3.63, 3.8) is 0 Å². The molecule has 0 aliphatic heterocycles. The number of rotatable bonds is 5. The van der Waals surface area contributed by atoms with E-state index in [0.29, 0.717) is 0 Å². The summed E-state index contributed by atoms with van der Waals surface area (Å²) in [6, 6.07) is 0. The average molecular weight is 197 g/mol. The first-order chi connectivity index (χ1) is 5.34. The Morgan fingerprint density at radius 2 is 2.00 bits per heavy atom. The van der Waals surface area contributed by atoms with Crippen molar-refractivity contribution >= 4 is 16.1 Å². The van der Waals surface area contributed by atoms with Crippen LogP contribution in [0.4, 0.5) is 0 Å². The fraction of sp³-hybridized carbons (Fsp3) is 0.800. The summed E-state index contributed by atoms with van der Waals surface area (Å²) in [7, 11) is -4.22. The molecule has 0 aromatic carbocycles. The minimum absolute atomic E-state index is 0.0505. The lowest BCUT2D eigenvalue weighted by atomic mass is 10.2. The fourth-order valence-electron chi connectivity index (χ4n) is 0.603. The number of hydrogen-bond acceptors (Lipinski definition) is 4. The second-order valence-electron chi connectivity index (χ2n) is 2.34. The highest BCUT2D eigenvalue weighted by Crippen LogP contribution is 2.03. The van der Waals surface area contributed by atoms with Crippen LogP contribution in [-0.4, -0.2) is 29.4 Å². The van der Waals surface area contributed by atoms with E-state index in [1.54, 1.807) is 0 Å². The second kappa shape index (κ2) is 4.39. The molecule has 12 heavy (non-hydrogen) atoms. The van der Waals surface area contributed by atoms with Gasteiger partial charge in [0.2, 0.25) is 0 Å². The number of carboxylic acids is 1. The molecule has 6 nitrogen and oxygen atoms in total. The van der Waals surface area contributed by atoms with Gasteiger partial charge < -0.3 is 10.8 Å². The quantitative estimate of drug-likeness (QED) is 0.507. The summed E-state index contributed by atoms with van der Waals surface area (Å²) in [5.74, 6) is -1.02. The van der Waals surface area contributed by atoms with E-state index in [2.05, 4.69) is 0 Å². The molecular formula is C5H11NO5S. The molecule has 0 saturated carbocycles. The van der Waals surface area contributed by atoms with E-state index in [1.165, 1.54) is 0 Å². The SMILES string of the molecule is NC(CCCC(=O)O)S(=O)(=O)O. The van der Waals surface area contributed by atoms with E-state index in [9.17, 15) is 13.2 Å². The van der Waals surface area contributed by atoms with Crippen LogP contribution in [0.15, 0.2) is 0 Å². The zero-order chi connectivity index (χ0) is 9.78. The highest BCUT2D eigenvalue weighted by molar-refractivity contribution is 7.86. The molecule has 0 spiro atoms. The van der Waals surface area contributed by atoms with Crippen molar-refractivity contribution in [3.05, 3.63) is 0 Å². The molecule has 4 N–H and O–H groups in total. The van der Waals surface area contributed by atoms with Crippen molar-refractivity contribution in [2.75, 3.05) is 0 Å². The molecule has 72 valence electrons. The molecule has 0 bridgehead atoms. The second-order valence-corrected chi connectivity index (χ2v) is 3.97. The van der Waals surface area contributed by atoms with E-state index in [4.69, 9.17) is 15.4 Å². The van der Waals surface area contributed by atoms with Crippen LogP contribution in [0.1, 0.15) is 19.3 Å². The number of aliphatic carboxylic acids is 1. The maximum absolute atomic E-state index is 10.3. The van der Waals surface area contributed by atoms with Gasteiger partial charge in [-0.1, -0.05) is 0 Å². The topological polar surface area (TPSA) is 118 Å². The number of nitrogens with two attached hydrogens (primary N) is 1. The van der Waals surface area contributed by atoms with E-state index in [1.807, 2.05) is 0 Å². The predicted octanol–water partition coefficient (Wildman–Crippen LogP) is -0.586. The summed E-state index contributed by atoms with van der Waals surface area (Å²) in [5.41, 5.74) is 5.01. The summed E-state index contributed by atoms with van der Waals surface area (Å²) >= 11 is 0. The van der Waals surface area contributed by atoms with Gasteiger partial charge in [-0.3, -0.25) is 9.35 Å². The Bertz CT molecular complexity index is 247. The molecular weight excluding hydrogens is 186 g/mol. The van der Waals surface area contributed by atoms with Gasteiger partial charge in [-0.25, -0.2) is 0 Å². The largest absolute Gasteiger partial charge is 0.481 e. The van der Waals surface area contributed by atoms with Crippen LogP contribution in [0, 0.1) is 0 Å². The first-order valence-electron chi connectivity index (χ1n) is 3.27. The molecule has 0 saturated heterocycles. The Kier molecular flexibility index (Phi) is 4.15. The van der Waals surface area contributed by atoms with E-state index in [-0.39, 0.29) is 19.3 Å². The van der Waals surface area contributed by atoms with Crippen LogP contribution in [-0.2, 0) is 14.9 Å². The average Bonchev–Trinajstić information content (AvgIpc) is 1.84. The first-order valence-corrected chi connectivity index (χ1v) is 4.78. The Morgan fingerprint density at radius 1 is 1.50 bits per heavy atom. The lowest BCUT2D eigenvalue weighted by molar-refractivity contribution is -0.137. The minimum Gasteiger partial charge on any atom is -0.481 e. The van der Waals surface area contributed by atoms with Crippen LogP contribution < -0.4 is 5.73 Å². The lowest BCUT2D eigenvalue weighted by Crippen LogP contribution is -2.29. The standard InChI is InChI=1S/C5H11NO5S/c6-4(12(9,10)11)2-1-3-5(7)8/h4H,1-3,6H2,(H,7,8)(H,9,10,11). The molecule has 0 amide bonds. The van der Waals surface area contributed by atoms with E-state index in [0.717, 1.165) is 0 Å². The summed E-state index contributed by atoms with van der Waals surface area (Å²) in [6.07, 6.45) is -0.0648. The summed E-state index contributed by atoms with van der Waals surface area (Å²) in [4.78, 5) is 9.98. The lowest BCUT2D eigenvalue weighted by Gasteiger charge is -2.05. The van der Waals surface area contributed by atoms with Crippen molar-refractivity contribution in [2.45, 2.75) is 24.6 Å². The normalized spacial score (nSPS) is 14.2. The number of carboxylic acid groups (broad SMARTS) is 1. The number of carbonyl (C=O) groups is 1. The number of hydrogen-bond donors (Lipinski definition) is 3. The smallest absolute Gasteiger partial charge is 0.303 e. The molecule has 0 aliphatic carbocycles. The molecule has 0 aromatic heterocycles. The van der Waals surface area contributed by atoms with Gasteiger partial charge in [-0.05, 0) is 12.8 Å². The molecule has 0 heterocycles. The van der Waals surface area contributed by atoms with Gasteiger partial charge in [-0.2, -0.15) is 8.42 Å². The molecule has 0 rings (SSSR count). The first kappa shape index (κ1) is 11.3. The van der Waals surface area contributed by atoms with Gasteiger partial charge in [0.1, 0.15) is 5.37 Å². The summed E-state index contributed by atoms with van der Waals surface area (Å²) in [5, 5.41) is 6.80. The Labute approximate surface area is 70.1 Å². The fourth-order valence-corrected chi connectivity index (χ4v) is 1.07. The van der Waals surface area contributed by atoms with Crippen LogP contribution in [0.25, 0.3) is 0 Å². The molecule has 0 aliphatic rings. The maximum Gasteiger partial charge on any atom is 0.303 e. The third kappa shape index (κ3) is 5.05. The van der Waals surface area contributed by atoms with E-state index < -0.39 is 21.5 Å². The van der Waals surface area contributed by atoms with Crippen molar-refractivity contribution < 1.29 is 22.9 Å². The molecule has 0 radical (unpaired) electrons. The third-order valence-electron chi connectivity index (χ3n) is 1.26. The molecule has 1 atom stereocenters. The Balaban J connectivity index is 3.73. The molecule has 0 fully saturated rings. The third-order valence-corrected chi connectivity index (χ3v) is 2.26. The summed E-state index contributed by atoms with van der Waals surface area (Å²) in [6.45, 7) is 0. The van der Waals surface area contributed by atoms with Crippen LogP contribution in [0.2, 0.25) is 0 Å². The molecule has 7 heteroatoms. The zero-order valence-electron chi connectivity index (χ0n) is 6.30. The van der Waals surface area contributed by atoms with Crippen molar-refractivity contribution in [1.29, 1.82) is 0 Å². The molecule has 0 aromatic rings. The van der Waals surface area contributed by atoms with Crippen molar-refractivity contribution in [1.82, 2.24) is 0 Å². The predicted molar refractivity (Wildman–Crippen MR) is 41.0 cm³/mol. The van der Waals surface area contributed by atoms with Gasteiger partial charge in [0.25, 0.3) is 10.1 Å². The zero-order valence-corrected chi connectivity index (χ0v) is 7.12. The highest BCUT2D eigenvalue weighted by Gasteiger charge is 2.17. The Morgan fingerprint density at radius 3 is 2.33 bits per heavy atom. The summed E-state index contributed by atoms with van der Waals surface area (Å²) < 4.78 is 28.9. The van der Waals surface area contributed by atoms with Crippen LogP contribution in [0.3, 0.4) is 0 Å². The van der Waals surface area contributed by atoms with Crippen molar-refractivity contribution in [3.8, 4) is 0 Å².